The molecule has 0 spiro atoms. The van der Waals surface area contributed by atoms with Crippen LogP contribution in [0.15, 0.2) is 42.5 Å². The number of hydrogen-bond donors (Lipinski definition) is 2. The maximum Gasteiger partial charge on any atom is 0.224 e. The van der Waals surface area contributed by atoms with E-state index in [1.165, 1.54) is 13.0 Å². The Hall–Kier alpha value is -2.82. The molecule has 1 heterocycles. The van der Waals surface area contributed by atoms with Gasteiger partial charge in [0.2, 0.25) is 11.8 Å². The first-order valence-corrected chi connectivity index (χ1v) is 8.52. The molecular weight excluding hydrogens is 328 g/mol. The van der Waals surface area contributed by atoms with Crippen LogP contribution in [0.2, 0.25) is 0 Å². The van der Waals surface area contributed by atoms with E-state index in [9.17, 15) is 14.7 Å². The van der Waals surface area contributed by atoms with Gasteiger partial charge in [-0.15, -0.1) is 0 Å². The Bertz CT molecular complexity index is 876. The number of carbonyl (C=O) groups excluding carboxylic acids is 2. The van der Waals surface area contributed by atoms with E-state index in [-0.39, 0.29) is 11.7 Å². The van der Waals surface area contributed by atoms with Gasteiger partial charge in [0, 0.05) is 24.5 Å². The second-order valence-corrected chi connectivity index (χ2v) is 7.53. The zero-order valence-electron chi connectivity index (χ0n) is 15.4. The molecule has 0 saturated heterocycles. The van der Waals surface area contributed by atoms with Crippen molar-refractivity contribution in [3.05, 3.63) is 59.7 Å². The minimum Gasteiger partial charge on any atom is -0.507 e. The van der Waals surface area contributed by atoms with E-state index in [0.29, 0.717) is 5.69 Å². The van der Waals surface area contributed by atoms with E-state index in [4.69, 9.17) is 5.73 Å². The SMILES string of the molecule is CC(=O)N1c2cc(O)[c]cc2C(C)(c2ccccc2)C(C(N)=O)C1(C)C. The van der Waals surface area contributed by atoms with Crippen LogP contribution in [0.3, 0.4) is 0 Å². The fraction of sp³-hybridized carbons (Fsp3) is 0.333. The summed E-state index contributed by atoms with van der Waals surface area (Å²) in [6, 6.07) is 15.6. The summed E-state index contributed by atoms with van der Waals surface area (Å²) in [5, 5.41) is 9.99. The molecule has 3 N–H and O–H groups in total. The number of anilines is 1. The Morgan fingerprint density at radius 3 is 2.35 bits per heavy atom. The number of phenolic OH excluding ortho intramolecular Hbond substituents is 1. The third-order valence-corrected chi connectivity index (χ3v) is 5.55. The van der Waals surface area contributed by atoms with E-state index < -0.39 is 22.8 Å². The number of amides is 2. The molecule has 5 heteroatoms. The minimum absolute atomic E-state index is 0.0567. The van der Waals surface area contributed by atoms with Gasteiger partial charge in [0.05, 0.1) is 17.1 Å². The molecule has 1 radical (unpaired) electrons. The highest BCUT2D eigenvalue weighted by atomic mass is 16.3. The lowest BCUT2D eigenvalue weighted by atomic mass is 9.57. The molecule has 1 aliphatic heterocycles. The average molecular weight is 351 g/mol. The van der Waals surface area contributed by atoms with Crippen LogP contribution < -0.4 is 10.6 Å². The van der Waals surface area contributed by atoms with E-state index in [0.717, 1.165) is 11.1 Å². The van der Waals surface area contributed by atoms with Crippen molar-refractivity contribution in [2.75, 3.05) is 4.90 Å². The molecular formula is C21H23N2O3. The van der Waals surface area contributed by atoms with Crippen molar-refractivity contribution in [1.29, 1.82) is 0 Å². The lowest BCUT2D eigenvalue weighted by Crippen LogP contribution is -2.65. The van der Waals surface area contributed by atoms with Crippen LogP contribution in [-0.4, -0.2) is 22.5 Å². The molecule has 2 aromatic rings. The Balaban J connectivity index is 2.44. The van der Waals surface area contributed by atoms with Crippen LogP contribution in [0.1, 0.15) is 38.8 Å². The van der Waals surface area contributed by atoms with Gasteiger partial charge >= 0.3 is 0 Å². The summed E-state index contributed by atoms with van der Waals surface area (Å²) in [6.07, 6.45) is 0. The summed E-state index contributed by atoms with van der Waals surface area (Å²) in [4.78, 5) is 26.7. The number of fused-ring (bicyclic) bond motifs is 1. The number of phenols is 1. The van der Waals surface area contributed by atoms with Crippen molar-refractivity contribution in [3.63, 3.8) is 0 Å². The van der Waals surface area contributed by atoms with Crippen LogP contribution in [0.4, 0.5) is 5.69 Å². The minimum atomic E-state index is -0.886. The Morgan fingerprint density at radius 2 is 1.81 bits per heavy atom. The molecule has 2 unspecified atom stereocenters. The molecule has 26 heavy (non-hydrogen) atoms. The van der Waals surface area contributed by atoms with E-state index in [2.05, 4.69) is 6.07 Å². The van der Waals surface area contributed by atoms with Gasteiger partial charge in [0.1, 0.15) is 5.75 Å². The molecule has 0 aromatic heterocycles. The third-order valence-electron chi connectivity index (χ3n) is 5.55. The summed E-state index contributed by atoms with van der Waals surface area (Å²) < 4.78 is 0. The molecule has 0 aliphatic carbocycles. The summed E-state index contributed by atoms with van der Waals surface area (Å²) in [6.45, 7) is 7.08. The summed E-state index contributed by atoms with van der Waals surface area (Å²) >= 11 is 0. The van der Waals surface area contributed by atoms with Crippen LogP contribution in [0.5, 0.6) is 5.75 Å². The van der Waals surface area contributed by atoms with Gasteiger partial charge in [-0.2, -0.15) is 0 Å². The maximum atomic E-state index is 12.6. The first-order chi connectivity index (χ1) is 12.1. The fourth-order valence-corrected chi connectivity index (χ4v) is 4.69. The van der Waals surface area contributed by atoms with E-state index in [1.54, 1.807) is 11.0 Å². The number of nitrogens with two attached hydrogens (primary N) is 1. The molecule has 0 saturated carbocycles. The smallest absolute Gasteiger partial charge is 0.224 e. The van der Waals surface area contributed by atoms with Gasteiger partial charge in [-0.3, -0.25) is 9.59 Å². The average Bonchev–Trinajstić information content (AvgIpc) is 2.53. The largest absolute Gasteiger partial charge is 0.507 e. The number of nitrogens with zero attached hydrogens (tertiary/aromatic N) is 1. The molecule has 5 nitrogen and oxygen atoms in total. The Morgan fingerprint density at radius 1 is 1.19 bits per heavy atom. The maximum absolute atomic E-state index is 12.6. The normalized spacial score (nSPS) is 24.0. The first kappa shape index (κ1) is 18.0. The van der Waals surface area contributed by atoms with Crippen molar-refractivity contribution >= 4 is 17.5 Å². The summed E-state index contributed by atoms with van der Waals surface area (Å²) in [5.74, 6) is -1.43. The van der Waals surface area contributed by atoms with Crippen LogP contribution in [0.25, 0.3) is 0 Å². The highest BCUT2D eigenvalue weighted by molar-refractivity contribution is 5.98. The molecule has 3 rings (SSSR count). The zero-order chi connectivity index (χ0) is 19.3. The lowest BCUT2D eigenvalue weighted by molar-refractivity contribution is -0.127. The topological polar surface area (TPSA) is 83.6 Å². The predicted molar refractivity (Wildman–Crippen MR) is 99.8 cm³/mol. The van der Waals surface area contributed by atoms with Crippen LogP contribution in [-0.2, 0) is 15.0 Å². The number of carbonyl (C=O) groups is 2. The van der Waals surface area contributed by atoms with Gasteiger partial charge in [0.25, 0.3) is 0 Å². The highest BCUT2D eigenvalue weighted by Gasteiger charge is 2.57. The van der Waals surface area contributed by atoms with E-state index >= 15 is 0 Å². The van der Waals surface area contributed by atoms with Crippen molar-refractivity contribution in [2.24, 2.45) is 11.7 Å². The third kappa shape index (κ3) is 2.38. The molecule has 0 fully saturated rings. The fourth-order valence-electron chi connectivity index (χ4n) is 4.69. The zero-order valence-corrected chi connectivity index (χ0v) is 15.4. The second kappa shape index (κ2) is 5.87. The number of primary amides is 1. The van der Waals surface area contributed by atoms with Gasteiger partial charge in [-0.25, -0.2) is 0 Å². The van der Waals surface area contributed by atoms with Crippen molar-refractivity contribution < 1.29 is 14.7 Å². The van der Waals surface area contributed by atoms with Gasteiger partial charge in [-0.1, -0.05) is 37.3 Å². The molecule has 2 atom stereocenters. The molecule has 1 aliphatic rings. The lowest BCUT2D eigenvalue weighted by Gasteiger charge is -2.55. The van der Waals surface area contributed by atoms with Gasteiger partial charge in [0.15, 0.2) is 0 Å². The van der Waals surface area contributed by atoms with Crippen LogP contribution in [0, 0.1) is 12.0 Å². The highest BCUT2D eigenvalue weighted by Crippen LogP contribution is 2.54. The van der Waals surface area contributed by atoms with Gasteiger partial charge in [-0.05, 0) is 31.0 Å². The first-order valence-electron chi connectivity index (χ1n) is 8.52. The van der Waals surface area contributed by atoms with E-state index in [1.807, 2.05) is 51.1 Å². The van der Waals surface area contributed by atoms with Crippen LogP contribution >= 0.6 is 0 Å². The van der Waals surface area contributed by atoms with Gasteiger partial charge < -0.3 is 15.7 Å². The predicted octanol–water partition coefficient (Wildman–Crippen LogP) is 2.74. The molecule has 2 amide bonds. The molecule has 135 valence electrons. The van der Waals surface area contributed by atoms with Crippen molar-refractivity contribution in [3.8, 4) is 5.75 Å². The molecule has 0 bridgehead atoms. The monoisotopic (exact) mass is 351 g/mol. The van der Waals surface area contributed by atoms with Crippen molar-refractivity contribution in [1.82, 2.24) is 0 Å². The number of benzene rings is 2. The summed E-state index contributed by atoms with van der Waals surface area (Å²) in [7, 11) is 0. The quantitative estimate of drug-likeness (QED) is 0.872. The number of hydrogen-bond acceptors (Lipinski definition) is 3. The second-order valence-electron chi connectivity index (χ2n) is 7.53. The number of aromatic hydroxyl groups is 1. The standard InChI is InChI=1S/C21H23N2O3/c1-13(24)23-17-12-15(25)10-11-16(17)21(4,14-8-6-5-7-9-14)18(19(22)26)20(23,2)3/h5-9,11-12,18,25H,1-4H3,(H2,22,26). The Labute approximate surface area is 153 Å². The van der Waals surface area contributed by atoms with Crippen molar-refractivity contribution in [2.45, 2.75) is 38.6 Å². The summed E-state index contributed by atoms with van der Waals surface area (Å²) in [5.41, 5.74) is 6.43. The Kier molecular flexibility index (Phi) is 4.06. The molecule has 2 aromatic carbocycles. The number of rotatable bonds is 2.